The molecule has 1 aliphatic heterocycles. The Balaban J connectivity index is 1.69. The molecule has 1 aliphatic rings. The first-order chi connectivity index (χ1) is 15.6. The molecular weight excluding hydrogens is 472 g/mol. The lowest BCUT2D eigenvalue weighted by Gasteiger charge is -2.25. The van der Waals surface area contributed by atoms with Crippen LogP contribution < -0.4 is 10.2 Å². The van der Waals surface area contributed by atoms with Crippen LogP contribution in [0.2, 0.25) is 0 Å². The fraction of sp³-hybridized carbons (Fsp3) is 0.160. The van der Waals surface area contributed by atoms with Gasteiger partial charge in [0.15, 0.2) is 5.43 Å². The zero-order valence-electron chi connectivity index (χ0n) is 17.2. The minimum atomic E-state index is -0.576. The van der Waals surface area contributed by atoms with Gasteiger partial charge in [-0.15, -0.1) is 0 Å². The van der Waals surface area contributed by atoms with Gasteiger partial charge in [0.2, 0.25) is 5.76 Å². The predicted molar refractivity (Wildman–Crippen MR) is 124 cm³/mol. The number of halogens is 1. The van der Waals surface area contributed by atoms with Crippen LogP contribution in [0, 0.1) is 0 Å². The molecule has 1 unspecified atom stereocenters. The predicted octanol–water partition coefficient (Wildman–Crippen LogP) is 5.09. The summed E-state index contributed by atoms with van der Waals surface area (Å²) in [6, 6.07) is 15.8. The highest BCUT2D eigenvalue weighted by atomic mass is 79.9. The Morgan fingerprint density at radius 1 is 1.12 bits per heavy atom. The lowest BCUT2D eigenvalue weighted by molar-refractivity contribution is 0.0714. The first kappa shape index (κ1) is 20.5. The molecule has 0 fully saturated rings. The Kier molecular flexibility index (Phi) is 5.27. The van der Waals surface area contributed by atoms with Gasteiger partial charge in [-0.25, -0.2) is 0 Å². The fourth-order valence-corrected chi connectivity index (χ4v) is 4.46. The summed E-state index contributed by atoms with van der Waals surface area (Å²) in [5, 5.41) is 0.435. The van der Waals surface area contributed by atoms with E-state index in [1.54, 1.807) is 35.5 Å². The van der Waals surface area contributed by atoms with Gasteiger partial charge in [-0.2, -0.15) is 0 Å². The molecule has 0 aliphatic carbocycles. The number of hydrogen-bond acceptors (Lipinski definition) is 5. The molecule has 0 saturated heterocycles. The Bertz CT molecular complexity index is 1370. The van der Waals surface area contributed by atoms with Gasteiger partial charge < -0.3 is 14.1 Å². The van der Waals surface area contributed by atoms with Crippen molar-refractivity contribution >= 4 is 32.8 Å². The third kappa shape index (κ3) is 3.48. The average molecular weight is 491 g/mol. The van der Waals surface area contributed by atoms with E-state index in [4.69, 9.17) is 9.15 Å². The highest BCUT2D eigenvalue weighted by Crippen LogP contribution is 2.39. The highest BCUT2D eigenvalue weighted by molar-refractivity contribution is 9.10. The Labute approximate surface area is 192 Å². The summed E-state index contributed by atoms with van der Waals surface area (Å²) in [4.78, 5) is 32.8. The van der Waals surface area contributed by atoms with E-state index in [1.807, 2.05) is 43.3 Å². The van der Waals surface area contributed by atoms with Crippen LogP contribution in [0.3, 0.4) is 0 Å². The van der Waals surface area contributed by atoms with Crippen molar-refractivity contribution in [2.45, 2.75) is 19.5 Å². The molecule has 32 heavy (non-hydrogen) atoms. The standard InChI is InChI=1S/C25H19BrN2O4/c1-2-31-18-8-5-16(6-9-18)22-21-23(29)19-12-17(26)7-10-20(19)32-24(21)25(30)28(22)14-15-4-3-11-27-13-15/h3-13,22H,2,14H2,1H3. The smallest absolute Gasteiger partial charge is 0.291 e. The van der Waals surface area contributed by atoms with Crippen LogP contribution in [0.25, 0.3) is 11.0 Å². The second-order valence-electron chi connectivity index (χ2n) is 7.51. The molecule has 6 nitrogen and oxygen atoms in total. The number of hydrogen-bond donors (Lipinski definition) is 0. The zero-order valence-corrected chi connectivity index (χ0v) is 18.8. The number of nitrogens with zero attached hydrogens (tertiary/aromatic N) is 2. The maximum absolute atomic E-state index is 13.6. The van der Waals surface area contributed by atoms with Crippen LogP contribution in [0.1, 0.15) is 40.2 Å². The number of carbonyl (C=O) groups is 1. The number of fused-ring (bicyclic) bond motifs is 2. The summed E-state index contributed by atoms with van der Waals surface area (Å²) in [5.74, 6) is 0.506. The van der Waals surface area contributed by atoms with Crippen molar-refractivity contribution in [3.8, 4) is 5.75 Å². The van der Waals surface area contributed by atoms with Crippen molar-refractivity contribution in [1.82, 2.24) is 9.88 Å². The van der Waals surface area contributed by atoms with Crippen LogP contribution in [0.4, 0.5) is 0 Å². The number of carbonyl (C=O) groups excluding carboxylic acids is 1. The van der Waals surface area contributed by atoms with Crippen molar-refractivity contribution in [1.29, 1.82) is 0 Å². The van der Waals surface area contributed by atoms with E-state index < -0.39 is 6.04 Å². The molecule has 2 aromatic carbocycles. The average Bonchev–Trinajstić information content (AvgIpc) is 3.08. The van der Waals surface area contributed by atoms with Gasteiger partial charge in [0.05, 0.1) is 23.6 Å². The molecule has 7 heteroatoms. The van der Waals surface area contributed by atoms with Crippen molar-refractivity contribution in [3.63, 3.8) is 0 Å². The van der Waals surface area contributed by atoms with Crippen LogP contribution in [-0.4, -0.2) is 22.4 Å². The van der Waals surface area contributed by atoms with E-state index in [9.17, 15) is 9.59 Å². The second-order valence-corrected chi connectivity index (χ2v) is 8.43. The molecule has 0 saturated carbocycles. The molecule has 5 rings (SSSR count). The molecule has 1 atom stereocenters. The van der Waals surface area contributed by atoms with Gasteiger partial charge in [-0.3, -0.25) is 14.6 Å². The summed E-state index contributed by atoms with van der Waals surface area (Å²) in [5.41, 5.74) is 2.21. The van der Waals surface area contributed by atoms with E-state index in [-0.39, 0.29) is 17.1 Å². The molecule has 0 spiro atoms. The Morgan fingerprint density at radius 2 is 1.94 bits per heavy atom. The van der Waals surface area contributed by atoms with Gasteiger partial charge in [-0.05, 0) is 54.4 Å². The summed E-state index contributed by atoms with van der Waals surface area (Å²) in [6.45, 7) is 2.78. The lowest BCUT2D eigenvalue weighted by atomic mass is 9.98. The highest BCUT2D eigenvalue weighted by Gasteiger charge is 2.42. The topological polar surface area (TPSA) is 72.6 Å². The Hall–Kier alpha value is -3.45. The minimum Gasteiger partial charge on any atom is -0.494 e. The van der Waals surface area contributed by atoms with Crippen LogP contribution in [0.15, 0.2) is 80.7 Å². The molecule has 1 amide bonds. The fourth-order valence-electron chi connectivity index (χ4n) is 4.10. The first-order valence-corrected chi connectivity index (χ1v) is 11.0. The molecule has 3 heterocycles. The molecule has 4 aromatic rings. The summed E-state index contributed by atoms with van der Waals surface area (Å²) in [7, 11) is 0. The van der Waals surface area contributed by atoms with Crippen molar-refractivity contribution < 1.29 is 13.9 Å². The Morgan fingerprint density at radius 3 is 2.66 bits per heavy atom. The number of rotatable bonds is 5. The van der Waals surface area contributed by atoms with E-state index >= 15 is 0 Å². The number of benzene rings is 2. The third-order valence-electron chi connectivity index (χ3n) is 5.51. The molecule has 160 valence electrons. The SMILES string of the molecule is CCOc1ccc(C2c3c(oc4ccc(Br)cc4c3=O)C(=O)N2Cc2cccnc2)cc1. The van der Waals surface area contributed by atoms with Crippen LogP contribution >= 0.6 is 15.9 Å². The number of pyridine rings is 1. The number of ether oxygens (including phenoxy) is 1. The number of amides is 1. The van der Waals surface area contributed by atoms with Crippen LogP contribution in [0.5, 0.6) is 5.75 Å². The van der Waals surface area contributed by atoms with Gasteiger partial charge >= 0.3 is 0 Å². The molecule has 2 aromatic heterocycles. The molecule has 0 bridgehead atoms. The summed E-state index contributed by atoms with van der Waals surface area (Å²) in [6.07, 6.45) is 3.40. The maximum Gasteiger partial charge on any atom is 0.291 e. The zero-order chi connectivity index (χ0) is 22.2. The largest absolute Gasteiger partial charge is 0.494 e. The summed E-state index contributed by atoms with van der Waals surface area (Å²) >= 11 is 3.42. The van der Waals surface area contributed by atoms with Crippen molar-refractivity contribution in [2.24, 2.45) is 0 Å². The van der Waals surface area contributed by atoms with Gasteiger partial charge in [-0.1, -0.05) is 34.1 Å². The number of aromatic nitrogens is 1. The van der Waals surface area contributed by atoms with Crippen LogP contribution in [-0.2, 0) is 6.54 Å². The van der Waals surface area contributed by atoms with Crippen molar-refractivity contribution in [2.75, 3.05) is 6.61 Å². The lowest BCUT2D eigenvalue weighted by Crippen LogP contribution is -2.29. The van der Waals surface area contributed by atoms with Gasteiger partial charge in [0.25, 0.3) is 5.91 Å². The second kappa shape index (κ2) is 8.24. The van der Waals surface area contributed by atoms with Gasteiger partial charge in [0.1, 0.15) is 11.3 Å². The molecule has 0 N–H and O–H groups in total. The monoisotopic (exact) mass is 490 g/mol. The normalized spacial score (nSPS) is 15.2. The van der Waals surface area contributed by atoms with E-state index in [0.717, 1.165) is 21.3 Å². The molecular formula is C25H19BrN2O4. The third-order valence-corrected chi connectivity index (χ3v) is 6.00. The van der Waals surface area contributed by atoms with E-state index in [2.05, 4.69) is 20.9 Å². The minimum absolute atomic E-state index is 0.0904. The van der Waals surface area contributed by atoms with Gasteiger partial charge in [0, 0.05) is 23.4 Å². The van der Waals surface area contributed by atoms with E-state index in [0.29, 0.717) is 29.7 Å². The van der Waals surface area contributed by atoms with Crippen molar-refractivity contribution in [3.05, 3.63) is 104 Å². The van der Waals surface area contributed by atoms with E-state index in [1.165, 1.54) is 0 Å². The summed E-state index contributed by atoms with van der Waals surface area (Å²) < 4.78 is 12.3. The first-order valence-electron chi connectivity index (χ1n) is 10.3. The maximum atomic E-state index is 13.6. The molecule has 0 radical (unpaired) electrons. The quantitative estimate of drug-likeness (QED) is 0.389.